The van der Waals surface area contributed by atoms with Crippen molar-refractivity contribution in [1.82, 2.24) is 20.1 Å². The molecule has 0 unspecified atom stereocenters. The molecule has 0 saturated heterocycles. The Morgan fingerprint density at radius 2 is 1.88 bits per heavy atom. The summed E-state index contributed by atoms with van der Waals surface area (Å²) in [6.45, 7) is 4.01. The van der Waals surface area contributed by atoms with E-state index >= 15 is 0 Å². The number of hydrogen-bond donors (Lipinski definition) is 1. The van der Waals surface area contributed by atoms with Crippen molar-refractivity contribution in [2.75, 3.05) is 5.75 Å². The number of nitrogens with zero attached hydrogens (tertiary/aromatic N) is 3. The molecule has 1 aliphatic rings. The van der Waals surface area contributed by atoms with Gasteiger partial charge in [0.25, 0.3) is 0 Å². The van der Waals surface area contributed by atoms with E-state index in [-0.39, 0.29) is 5.91 Å². The van der Waals surface area contributed by atoms with E-state index in [1.807, 2.05) is 23.6 Å². The molecule has 1 saturated carbocycles. The molecule has 1 fully saturated rings. The van der Waals surface area contributed by atoms with Crippen LogP contribution in [-0.2, 0) is 4.79 Å². The molecule has 1 aromatic carbocycles. The summed E-state index contributed by atoms with van der Waals surface area (Å²) in [6, 6.07) is 8.50. The van der Waals surface area contributed by atoms with Crippen LogP contribution < -0.4 is 5.32 Å². The van der Waals surface area contributed by atoms with Gasteiger partial charge in [-0.15, -0.1) is 10.2 Å². The molecule has 1 heterocycles. The summed E-state index contributed by atoms with van der Waals surface area (Å²) in [4.78, 5) is 12.3. The Morgan fingerprint density at radius 3 is 2.60 bits per heavy atom. The predicted molar refractivity (Wildman–Crippen MR) is 101 cm³/mol. The fourth-order valence-corrected chi connectivity index (χ4v) is 4.15. The highest BCUT2D eigenvalue weighted by molar-refractivity contribution is 7.99. The second kappa shape index (κ2) is 8.52. The first-order valence-corrected chi connectivity index (χ1v) is 10.0. The van der Waals surface area contributed by atoms with Crippen LogP contribution in [0.3, 0.4) is 0 Å². The molecule has 2 aromatic rings. The SMILES string of the molecule is Cc1ccccc1-n1c(C)nnc1SCC(=O)NC1CCCCCC1. The Balaban J connectivity index is 1.64. The molecule has 0 bridgehead atoms. The van der Waals surface area contributed by atoms with Gasteiger partial charge in [0.2, 0.25) is 5.91 Å². The van der Waals surface area contributed by atoms with E-state index in [1.165, 1.54) is 37.4 Å². The van der Waals surface area contributed by atoms with E-state index in [1.54, 1.807) is 0 Å². The molecule has 0 radical (unpaired) electrons. The van der Waals surface area contributed by atoms with Crippen LogP contribution in [0.2, 0.25) is 0 Å². The molecule has 0 spiro atoms. The molecule has 134 valence electrons. The Hall–Kier alpha value is -1.82. The highest BCUT2D eigenvalue weighted by atomic mass is 32.2. The summed E-state index contributed by atoms with van der Waals surface area (Å²) in [7, 11) is 0. The summed E-state index contributed by atoms with van der Waals surface area (Å²) in [5.74, 6) is 1.30. The van der Waals surface area contributed by atoms with Crippen LogP contribution in [0, 0.1) is 13.8 Å². The van der Waals surface area contributed by atoms with Gasteiger partial charge in [0.15, 0.2) is 5.16 Å². The van der Waals surface area contributed by atoms with Gasteiger partial charge < -0.3 is 5.32 Å². The lowest BCUT2D eigenvalue weighted by molar-refractivity contribution is -0.119. The van der Waals surface area contributed by atoms with Crippen LogP contribution in [0.1, 0.15) is 49.9 Å². The molecular formula is C19H26N4OS. The van der Waals surface area contributed by atoms with Gasteiger partial charge in [0.1, 0.15) is 5.82 Å². The van der Waals surface area contributed by atoms with Crippen LogP contribution in [0.4, 0.5) is 0 Å². The van der Waals surface area contributed by atoms with Crippen molar-refractivity contribution in [2.24, 2.45) is 0 Å². The van der Waals surface area contributed by atoms with Crippen molar-refractivity contribution in [3.63, 3.8) is 0 Å². The minimum absolute atomic E-state index is 0.0916. The Bertz CT molecular complexity index is 720. The van der Waals surface area contributed by atoms with E-state index in [4.69, 9.17) is 0 Å². The lowest BCUT2D eigenvalue weighted by Gasteiger charge is -2.16. The molecule has 0 aliphatic heterocycles. The van der Waals surface area contributed by atoms with Crippen molar-refractivity contribution >= 4 is 17.7 Å². The van der Waals surface area contributed by atoms with Crippen LogP contribution in [0.5, 0.6) is 0 Å². The molecule has 5 nitrogen and oxygen atoms in total. The molecule has 1 aromatic heterocycles. The van der Waals surface area contributed by atoms with Gasteiger partial charge in [-0.25, -0.2) is 0 Å². The number of thioether (sulfide) groups is 1. The minimum atomic E-state index is 0.0916. The first kappa shape index (κ1) is 18.0. The lowest BCUT2D eigenvalue weighted by atomic mass is 10.1. The predicted octanol–water partition coefficient (Wildman–Crippen LogP) is 3.82. The second-order valence-electron chi connectivity index (χ2n) is 6.70. The van der Waals surface area contributed by atoms with Gasteiger partial charge in [0, 0.05) is 6.04 Å². The van der Waals surface area contributed by atoms with Crippen LogP contribution in [0.15, 0.2) is 29.4 Å². The summed E-state index contributed by atoms with van der Waals surface area (Å²) in [5, 5.41) is 12.4. The highest BCUT2D eigenvalue weighted by Gasteiger charge is 2.17. The van der Waals surface area contributed by atoms with E-state index in [0.717, 1.165) is 35.1 Å². The van der Waals surface area contributed by atoms with E-state index in [0.29, 0.717) is 11.8 Å². The number of carbonyl (C=O) groups excluding carboxylic acids is 1. The second-order valence-corrected chi connectivity index (χ2v) is 7.64. The van der Waals surface area contributed by atoms with E-state index in [9.17, 15) is 4.79 Å². The molecule has 25 heavy (non-hydrogen) atoms. The van der Waals surface area contributed by atoms with E-state index in [2.05, 4.69) is 34.6 Å². The van der Waals surface area contributed by atoms with Crippen molar-refractivity contribution in [3.05, 3.63) is 35.7 Å². The number of amides is 1. The number of rotatable bonds is 5. The van der Waals surface area contributed by atoms with Gasteiger partial charge in [-0.05, 0) is 38.3 Å². The average molecular weight is 359 g/mol. The fraction of sp³-hybridized carbons (Fsp3) is 0.526. The van der Waals surface area contributed by atoms with Crippen LogP contribution >= 0.6 is 11.8 Å². The molecular weight excluding hydrogens is 332 g/mol. The van der Waals surface area contributed by atoms with Crippen molar-refractivity contribution in [2.45, 2.75) is 63.6 Å². The van der Waals surface area contributed by atoms with Gasteiger partial charge in [-0.3, -0.25) is 9.36 Å². The van der Waals surface area contributed by atoms with Gasteiger partial charge in [-0.1, -0.05) is 55.6 Å². The quantitative estimate of drug-likeness (QED) is 0.652. The zero-order valence-corrected chi connectivity index (χ0v) is 15.8. The number of aryl methyl sites for hydroxylation is 2. The summed E-state index contributed by atoms with van der Waals surface area (Å²) < 4.78 is 2.03. The highest BCUT2D eigenvalue weighted by Crippen LogP contribution is 2.24. The van der Waals surface area contributed by atoms with Gasteiger partial charge in [-0.2, -0.15) is 0 Å². The minimum Gasteiger partial charge on any atom is -0.353 e. The smallest absolute Gasteiger partial charge is 0.230 e. The lowest BCUT2D eigenvalue weighted by Crippen LogP contribution is -2.35. The summed E-state index contributed by atoms with van der Waals surface area (Å²) in [6.07, 6.45) is 7.24. The van der Waals surface area contributed by atoms with Crippen LogP contribution in [-0.4, -0.2) is 32.5 Å². The number of nitrogens with one attached hydrogen (secondary N) is 1. The Morgan fingerprint density at radius 1 is 1.16 bits per heavy atom. The largest absolute Gasteiger partial charge is 0.353 e. The molecule has 1 amide bonds. The maximum Gasteiger partial charge on any atom is 0.230 e. The maximum absolute atomic E-state index is 12.3. The molecule has 6 heteroatoms. The topological polar surface area (TPSA) is 59.8 Å². The fourth-order valence-electron chi connectivity index (χ4n) is 3.35. The average Bonchev–Trinajstić information content (AvgIpc) is 2.80. The van der Waals surface area contributed by atoms with Gasteiger partial charge in [0.05, 0.1) is 11.4 Å². The normalized spacial score (nSPS) is 15.8. The first-order chi connectivity index (χ1) is 12.1. The monoisotopic (exact) mass is 358 g/mol. The first-order valence-electron chi connectivity index (χ1n) is 9.05. The molecule has 0 atom stereocenters. The van der Waals surface area contributed by atoms with Crippen molar-refractivity contribution in [3.8, 4) is 5.69 Å². The molecule has 1 aliphatic carbocycles. The summed E-state index contributed by atoms with van der Waals surface area (Å²) >= 11 is 1.45. The zero-order chi connectivity index (χ0) is 17.6. The third-order valence-corrected chi connectivity index (χ3v) is 5.63. The van der Waals surface area contributed by atoms with Crippen molar-refractivity contribution < 1.29 is 4.79 Å². The molecule has 1 N–H and O–H groups in total. The number of para-hydroxylation sites is 1. The Labute approximate surface area is 153 Å². The standard InChI is InChI=1S/C19H26N4OS/c1-14-9-7-8-12-17(14)23-15(2)21-22-19(23)25-13-18(24)20-16-10-5-3-4-6-11-16/h7-9,12,16H,3-6,10-11,13H2,1-2H3,(H,20,24). The third kappa shape index (κ3) is 4.63. The number of aromatic nitrogens is 3. The zero-order valence-electron chi connectivity index (χ0n) is 15.0. The Kier molecular flexibility index (Phi) is 6.13. The maximum atomic E-state index is 12.3. The number of benzene rings is 1. The number of carbonyl (C=O) groups is 1. The van der Waals surface area contributed by atoms with Gasteiger partial charge >= 0.3 is 0 Å². The van der Waals surface area contributed by atoms with Crippen molar-refractivity contribution in [1.29, 1.82) is 0 Å². The summed E-state index contributed by atoms with van der Waals surface area (Å²) in [5.41, 5.74) is 2.23. The molecule has 3 rings (SSSR count). The van der Waals surface area contributed by atoms with E-state index < -0.39 is 0 Å². The van der Waals surface area contributed by atoms with Crippen LogP contribution in [0.25, 0.3) is 5.69 Å². The third-order valence-electron chi connectivity index (χ3n) is 4.70. The number of hydrogen-bond acceptors (Lipinski definition) is 4.